The topological polar surface area (TPSA) is 75.7 Å². The first-order chi connectivity index (χ1) is 13.1. The molecule has 6 heteroatoms. The number of aromatic amines is 1. The van der Waals surface area contributed by atoms with Crippen molar-refractivity contribution in [2.45, 2.75) is 13.8 Å². The van der Waals surface area contributed by atoms with E-state index >= 15 is 0 Å². The normalized spacial score (nSPS) is 10.7. The van der Waals surface area contributed by atoms with Crippen LogP contribution < -0.4 is 10.1 Å². The standard InChI is InChI=1S/C21H19N5O/c1-4-17-14(3)21(25-12-22-17)26-15-5-8-20(13(2)9-15)27-16-6-7-18-19(10-16)24-11-23-18/h4-12H,1H2,2-3H3,(H,23,24)(H,22,25,26). The fraction of sp³-hybridized carbons (Fsp3) is 0.0952. The molecule has 0 saturated heterocycles. The van der Waals surface area contributed by atoms with Crippen molar-refractivity contribution in [3.63, 3.8) is 0 Å². The summed E-state index contributed by atoms with van der Waals surface area (Å²) >= 11 is 0. The molecular weight excluding hydrogens is 338 g/mol. The van der Waals surface area contributed by atoms with Crippen molar-refractivity contribution >= 4 is 28.6 Å². The summed E-state index contributed by atoms with van der Waals surface area (Å²) in [6, 6.07) is 11.7. The number of nitrogens with one attached hydrogen (secondary N) is 2. The van der Waals surface area contributed by atoms with Crippen LogP contribution in [0.4, 0.5) is 11.5 Å². The van der Waals surface area contributed by atoms with Gasteiger partial charge in [0.1, 0.15) is 23.6 Å². The molecule has 0 amide bonds. The van der Waals surface area contributed by atoms with E-state index in [2.05, 4.69) is 31.8 Å². The first-order valence-corrected chi connectivity index (χ1v) is 8.57. The smallest absolute Gasteiger partial charge is 0.137 e. The maximum absolute atomic E-state index is 6.03. The highest BCUT2D eigenvalue weighted by Crippen LogP contribution is 2.30. The van der Waals surface area contributed by atoms with E-state index < -0.39 is 0 Å². The Bertz CT molecular complexity index is 1130. The second kappa shape index (κ2) is 6.92. The zero-order valence-corrected chi connectivity index (χ0v) is 15.2. The average Bonchev–Trinajstić information content (AvgIpc) is 3.13. The van der Waals surface area contributed by atoms with Gasteiger partial charge in [-0.1, -0.05) is 6.58 Å². The molecule has 2 aromatic heterocycles. The molecule has 2 N–H and O–H groups in total. The molecule has 4 rings (SSSR count). The lowest BCUT2D eigenvalue weighted by Crippen LogP contribution is -2.00. The summed E-state index contributed by atoms with van der Waals surface area (Å²) < 4.78 is 6.03. The second-order valence-corrected chi connectivity index (χ2v) is 6.23. The van der Waals surface area contributed by atoms with Crippen molar-refractivity contribution in [3.8, 4) is 11.5 Å². The Balaban J connectivity index is 1.56. The van der Waals surface area contributed by atoms with Gasteiger partial charge in [-0.15, -0.1) is 0 Å². The van der Waals surface area contributed by atoms with Gasteiger partial charge in [-0.3, -0.25) is 0 Å². The summed E-state index contributed by atoms with van der Waals surface area (Å²) in [7, 11) is 0. The van der Waals surface area contributed by atoms with Gasteiger partial charge in [0.15, 0.2) is 0 Å². The molecule has 134 valence electrons. The van der Waals surface area contributed by atoms with Crippen molar-refractivity contribution in [1.29, 1.82) is 0 Å². The quantitative estimate of drug-likeness (QED) is 0.517. The van der Waals surface area contributed by atoms with E-state index in [0.717, 1.165) is 50.9 Å². The zero-order chi connectivity index (χ0) is 18.8. The molecule has 0 fully saturated rings. The number of ether oxygens (including phenoxy) is 1. The van der Waals surface area contributed by atoms with Crippen LogP contribution in [0, 0.1) is 13.8 Å². The summed E-state index contributed by atoms with van der Waals surface area (Å²) in [4.78, 5) is 15.8. The van der Waals surface area contributed by atoms with Gasteiger partial charge in [0.05, 0.1) is 23.1 Å². The summed E-state index contributed by atoms with van der Waals surface area (Å²) in [6.07, 6.45) is 4.93. The zero-order valence-electron chi connectivity index (χ0n) is 15.2. The first kappa shape index (κ1) is 16.8. The van der Waals surface area contributed by atoms with E-state index in [1.165, 1.54) is 6.33 Å². The number of anilines is 2. The fourth-order valence-electron chi connectivity index (χ4n) is 2.88. The number of aromatic nitrogens is 4. The largest absolute Gasteiger partial charge is 0.457 e. The molecule has 0 saturated carbocycles. The van der Waals surface area contributed by atoms with Gasteiger partial charge < -0.3 is 15.0 Å². The van der Waals surface area contributed by atoms with Crippen molar-refractivity contribution in [2.75, 3.05) is 5.32 Å². The number of rotatable bonds is 5. The molecular formula is C21H19N5O. The monoisotopic (exact) mass is 357 g/mol. The second-order valence-electron chi connectivity index (χ2n) is 6.23. The predicted octanol–water partition coefficient (Wildman–Crippen LogP) is 5.15. The summed E-state index contributed by atoms with van der Waals surface area (Å²) in [5.74, 6) is 2.30. The molecule has 2 heterocycles. The Kier molecular flexibility index (Phi) is 4.30. The molecule has 0 aliphatic carbocycles. The van der Waals surface area contributed by atoms with Crippen LogP contribution in [0.5, 0.6) is 11.5 Å². The van der Waals surface area contributed by atoms with Gasteiger partial charge in [-0.2, -0.15) is 0 Å². The van der Waals surface area contributed by atoms with E-state index in [1.807, 2.05) is 50.2 Å². The van der Waals surface area contributed by atoms with Gasteiger partial charge in [0, 0.05) is 17.3 Å². The van der Waals surface area contributed by atoms with Gasteiger partial charge in [-0.25, -0.2) is 15.0 Å². The molecule has 0 unspecified atom stereocenters. The SMILES string of the molecule is C=Cc1ncnc(Nc2ccc(Oc3ccc4[nH]cnc4c3)c(C)c2)c1C. The molecule has 0 aliphatic rings. The third-order valence-corrected chi connectivity index (χ3v) is 4.37. The minimum absolute atomic E-state index is 0.751. The van der Waals surface area contributed by atoms with Gasteiger partial charge in [0.25, 0.3) is 0 Å². The predicted molar refractivity (Wildman–Crippen MR) is 107 cm³/mol. The van der Waals surface area contributed by atoms with Crippen LogP contribution in [-0.2, 0) is 0 Å². The highest BCUT2D eigenvalue weighted by molar-refractivity contribution is 5.76. The van der Waals surface area contributed by atoms with Gasteiger partial charge in [0.2, 0.25) is 0 Å². The van der Waals surface area contributed by atoms with Crippen LogP contribution in [0.15, 0.2) is 55.6 Å². The highest BCUT2D eigenvalue weighted by Gasteiger charge is 2.08. The fourth-order valence-corrected chi connectivity index (χ4v) is 2.88. The van der Waals surface area contributed by atoms with Crippen LogP contribution in [0.25, 0.3) is 17.1 Å². The van der Waals surface area contributed by atoms with Crippen LogP contribution >= 0.6 is 0 Å². The van der Waals surface area contributed by atoms with Gasteiger partial charge >= 0.3 is 0 Å². The lowest BCUT2D eigenvalue weighted by Gasteiger charge is -2.13. The van der Waals surface area contributed by atoms with E-state index in [-0.39, 0.29) is 0 Å². The Morgan fingerprint density at radius 1 is 1.07 bits per heavy atom. The number of aryl methyl sites for hydroxylation is 1. The molecule has 0 atom stereocenters. The lowest BCUT2D eigenvalue weighted by atomic mass is 10.2. The van der Waals surface area contributed by atoms with Crippen LogP contribution in [0.2, 0.25) is 0 Å². The van der Waals surface area contributed by atoms with Crippen molar-refractivity contribution in [3.05, 3.63) is 72.5 Å². The minimum Gasteiger partial charge on any atom is -0.457 e. The third-order valence-electron chi connectivity index (χ3n) is 4.37. The number of fused-ring (bicyclic) bond motifs is 1. The highest BCUT2D eigenvalue weighted by atomic mass is 16.5. The number of imidazole rings is 1. The molecule has 2 aromatic carbocycles. The van der Waals surface area contributed by atoms with Crippen LogP contribution in [0.1, 0.15) is 16.8 Å². The van der Waals surface area contributed by atoms with E-state index in [4.69, 9.17) is 4.74 Å². The Morgan fingerprint density at radius 3 is 2.78 bits per heavy atom. The Morgan fingerprint density at radius 2 is 1.96 bits per heavy atom. The van der Waals surface area contributed by atoms with Crippen LogP contribution in [-0.4, -0.2) is 19.9 Å². The van der Waals surface area contributed by atoms with E-state index in [1.54, 1.807) is 12.4 Å². The average molecular weight is 357 g/mol. The molecule has 6 nitrogen and oxygen atoms in total. The van der Waals surface area contributed by atoms with Crippen LogP contribution in [0.3, 0.4) is 0 Å². The number of H-pyrrole nitrogens is 1. The molecule has 4 aromatic rings. The first-order valence-electron chi connectivity index (χ1n) is 8.57. The summed E-state index contributed by atoms with van der Waals surface area (Å²) in [6.45, 7) is 7.76. The van der Waals surface area contributed by atoms with Crippen molar-refractivity contribution < 1.29 is 4.74 Å². The summed E-state index contributed by atoms with van der Waals surface area (Å²) in [5, 5.41) is 3.33. The molecule has 0 radical (unpaired) electrons. The minimum atomic E-state index is 0.751. The van der Waals surface area contributed by atoms with Gasteiger partial charge in [-0.05, 0) is 55.8 Å². The molecule has 0 bridgehead atoms. The number of hydrogen-bond acceptors (Lipinski definition) is 5. The van der Waals surface area contributed by atoms with E-state index in [0.29, 0.717) is 0 Å². The summed E-state index contributed by atoms with van der Waals surface area (Å²) in [5.41, 5.74) is 5.58. The van der Waals surface area contributed by atoms with Crippen molar-refractivity contribution in [2.24, 2.45) is 0 Å². The lowest BCUT2D eigenvalue weighted by molar-refractivity contribution is 0.479. The Labute approximate surface area is 157 Å². The number of benzene rings is 2. The molecule has 27 heavy (non-hydrogen) atoms. The molecule has 0 spiro atoms. The third kappa shape index (κ3) is 3.37. The van der Waals surface area contributed by atoms with Crippen molar-refractivity contribution in [1.82, 2.24) is 19.9 Å². The number of nitrogens with zero attached hydrogens (tertiary/aromatic N) is 3. The molecule has 0 aliphatic heterocycles. The number of hydrogen-bond donors (Lipinski definition) is 2. The van der Waals surface area contributed by atoms with E-state index in [9.17, 15) is 0 Å². The maximum atomic E-state index is 6.03. The maximum Gasteiger partial charge on any atom is 0.137 e. The Hall–Kier alpha value is -3.67.